The summed E-state index contributed by atoms with van der Waals surface area (Å²) in [7, 11) is 0. The average Bonchev–Trinajstić information content (AvgIpc) is 1.91. The van der Waals surface area contributed by atoms with Gasteiger partial charge in [0.05, 0.1) is 0 Å². The number of aliphatic hydroxyl groups excluding tert-OH is 1. The quantitative estimate of drug-likeness (QED) is 0.652. The Morgan fingerprint density at radius 3 is 2.20 bits per heavy atom. The zero-order valence-electron chi connectivity index (χ0n) is 6.91. The molecule has 0 aromatic carbocycles. The van der Waals surface area contributed by atoms with Gasteiger partial charge in [-0.25, -0.2) is 0 Å². The molecule has 0 spiro atoms. The molecule has 0 aliphatic heterocycles. The molecule has 0 heterocycles. The van der Waals surface area contributed by atoms with Gasteiger partial charge in [0.15, 0.2) is 0 Å². The third-order valence-electron chi connectivity index (χ3n) is 1.80. The van der Waals surface area contributed by atoms with E-state index < -0.39 is 0 Å². The van der Waals surface area contributed by atoms with Crippen molar-refractivity contribution in [3.63, 3.8) is 0 Å². The maximum absolute atomic E-state index is 8.75. The normalized spacial score (nSPS) is 12.3. The van der Waals surface area contributed by atoms with E-state index in [4.69, 9.17) is 5.11 Å². The Balaban J connectivity index is 0. The minimum atomic E-state index is 0. The molecular weight excluding hydrogens is 168 g/mol. The van der Waals surface area contributed by atoms with Crippen molar-refractivity contribution in [3.05, 3.63) is 0 Å². The largest absolute Gasteiger partial charge is 2.00 e. The summed E-state index contributed by atoms with van der Waals surface area (Å²) in [6.07, 6.45) is 4.83. The molecule has 0 saturated heterocycles. The van der Waals surface area contributed by atoms with Crippen LogP contribution in [0.3, 0.4) is 0 Å². The van der Waals surface area contributed by atoms with Gasteiger partial charge in [-0.2, -0.15) is 0 Å². The Bertz CT molecular complexity index is 53.2. The van der Waals surface area contributed by atoms with Crippen molar-refractivity contribution in [2.75, 3.05) is 6.61 Å². The first-order valence-electron chi connectivity index (χ1n) is 3.96. The van der Waals surface area contributed by atoms with Crippen LogP contribution < -0.4 is 0 Å². The number of hydrogen-bond acceptors (Lipinski definition) is 1. The summed E-state index contributed by atoms with van der Waals surface area (Å²) in [5.41, 5.74) is 0. The molecular formula is C8H18FeO+2. The van der Waals surface area contributed by atoms with E-state index in [-0.39, 0.29) is 17.1 Å². The zero-order valence-corrected chi connectivity index (χ0v) is 8.02. The first-order valence-corrected chi connectivity index (χ1v) is 3.96. The van der Waals surface area contributed by atoms with Gasteiger partial charge in [0.25, 0.3) is 0 Å². The van der Waals surface area contributed by atoms with Crippen LogP contribution in [0.5, 0.6) is 0 Å². The number of aliphatic hydroxyl groups is 1. The first-order chi connectivity index (χ1) is 4.35. The fraction of sp³-hybridized carbons (Fsp3) is 1.00. The van der Waals surface area contributed by atoms with Crippen LogP contribution in [0.1, 0.15) is 39.5 Å². The Kier molecular flexibility index (Phi) is 12.4. The van der Waals surface area contributed by atoms with E-state index in [2.05, 4.69) is 13.8 Å². The fourth-order valence-corrected chi connectivity index (χ4v) is 0.917. The van der Waals surface area contributed by atoms with E-state index in [0.29, 0.717) is 12.5 Å². The van der Waals surface area contributed by atoms with Gasteiger partial charge in [-0.05, 0) is 12.3 Å². The van der Waals surface area contributed by atoms with Crippen molar-refractivity contribution in [3.8, 4) is 0 Å². The van der Waals surface area contributed by atoms with E-state index in [1.165, 1.54) is 19.3 Å². The molecule has 0 fully saturated rings. The van der Waals surface area contributed by atoms with E-state index in [0.717, 1.165) is 6.42 Å². The summed E-state index contributed by atoms with van der Waals surface area (Å²) in [6.45, 7) is 4.69. The summed E-state index contributed by atoms with van der Waals surface area (Å²) in [5, 5.41) is 8.75. The van der Waals surface area contributed by atoms with E-state index >= 15 is 0 Å². The van der Waals surface area contributed by atoms with E-state index in [1.54, 1.807) is 0 Å². The predicted octanol–water partition coefficient (Wildman–Crippen LogP) is 2.19. The molecule has 0 rings (SSSR count). The molecule has 0 amide bonds. The van der Waals surface area contributed by atoms with Crippen LogP contribution in [0.25, 0.3) is 0 Å². The van der Waals surface area contributed by atoms with E-state index in [1.807, 2.05) is 0 Å². The average molecular weight is 186 g/mol. The Morgan fingerprint density at radius 2 is 1.90 bits per heavy atom. The monoisotopic (exact) mass is 186 g/mol. The molecule has 0 radical (unpaired) electrons. The van der Waals surface area contributed by atoms with Gasteiger partial charge in [0.2, 0.25) is 0 Å². The molecule has 10 heavy (non-hydrogen) atoms. The second-order valence-corrected chi connectivity index (χ2v) is 2.60. The van der Waals surface area contributed by atoms with Gasteiger partial charge >= 0.3 is 17.1 Å². The van der Waals surface area contributed by atoms with Crippen molar-refractivity contribution < 1.29 is 22.2 Å². The second kappa shape index (κ2) is 9.48. The van der Waals surface area contributed by atoms with Crippen LogP contribution in [0.2, 0.25) is 0 Å². The maximum atomic E-state index is 8.75. The summed E-state index contributed by atoms with van der Waals surface area (Å²) in [4.78, 5) is 0. The summed E-state index contributed by atoms with van der Waals surface area (Å²) >= 11 is 0. The smallest absolute Gasteiger partial charge is 0.396 e. The van der Waals surface area contributed by atoms with Crippen molar-refractivity contribution in [1.82, 2.24) is 0 Å². The van der Waals surface area contributed by atoms with Gasteiger partial charge in [-0.1, -0.05) is 33.1 Å². The van der Waals surface area contributed by atoms with Gasteiger partial charge in [0, 0.05) is 6.61 Å². The molecule has 1 nitrogen and oxygen atoms in total. The Hall–Kier alpha value is 0.479. The van der Waals surface area contributed by atoms with Crippen LogP contribution >= 0.6 is 0 Å². The standard InChI is InChI=1S/C8H18O.Fe/c1-3-5-6-8(4-2)7-9;/h8-9H,3-7H2,1-2H3;/q;+2. The Labute approximate surface area is 74.7 Å². The SMILES string of the molecule is CCCCC(CC)CO.[Fe+2]. The molecule has 1 atom stereocenters. The van der Waals surface area contributed by atoms with Gasteiger partial charge in [-0.15, -0.1) is 0 Å². The third kappa shape index (κ3) is 6.60. The second-order valence-electron chi connectivity index (χ2n) is 2.60. The van der Waals surface area contributed by atoms with Gasteiger partial charge in [-0.3, -0.25) is 0 Å². The van der Waals surface area contributed by atoms with Crippen molar-refractivity contribution >= 4 is 0 Å². The zero-order chi connectivity index (χ0) is 7.11. The molecule has 0 saturated carbocycles. The molecule has 0 aromatic rings. The van der Waals surface area contributed by atoms with E-state index in [9.17, 15) is 0 Å². The van der Waals surface area contributed by atoms with Crippen molar-refractivity contribution in [2.24, 2.45) is 5.92 Å². The topological polar surface area (TPSA) is 20.2 Å². The summed E-state index contributed by atoms with van der Waals surface area (Å²) in [5.74, 6) is 0.560. The fourth-order valence-electron chi connectivity index (χ4n) is 0.917. The molecule has 1 N–H and O–H groups in total. The predicted molar refractivity (Wildman–Crippen MR) is 40.4 cm³/mol. The third-order valence-corrected chi connectivity index (χ3v) is 1.80. The molecule has 0 aliphatic rings. The maximum Gasteiger partial charge on any atom is 2.00 e. The number of hydrogen-bond donors (Lipinski definition) is 1. The molecule has 0 aromatic heterocycles. The molecule has 0 aliphatic carbocycles. The van der Waals surface area contributed by atoms with Crippen LogP contribution in [-0.4, -0.2) is 11.7 Å². The van der Waals surface area contributed by atoms with Gasteiger partial charge < -0.3 is 5.11 Å². The van der Waals surface area contributed by atoms with Gasteiger partial charge in [0.1, 0.15) is 0 Å². The molecule has 1 unspecified atom stereocenters. The van der Waals surface area contributed by atoms with Crippen molar-refractivity contribution in [1.29, 1.82) is 0 Å². The summed E-state index contributed by atoms with van der Waals surface area (Å²) in [6, 6.07) is 0. The van der Waals surface area contributed by atoms with Crippen LogP contribution in [-0.2, 0) is 17.1 Å². The van der Waals surface area contributed by atoms with Crippen LogP contribution in [0.15, 0.2) is 0 Å². The molecule has 62 valence electrons. The minimum Gasteiger partial charge on any atom is -0.396 e. The number of unbranched alkanes of at least 4 members (excludes halogenated alkanes) is 1. The van der Waals surface area contributed by atoms with Crippen molar-refractivity contribution in [2.45, 2.75) is 39.5 Å². The molecule has 2 heteroatoms. The Morgan fingerprint density at radius 1 is 1.30 bits per heavy atom. The minimum absolute atomic E-state index is 0. The molecule has 0 bridgehead atoms. The number of rotatable bonds is 5. The first kappa shape index (κ1) is 13.1. The van der Waals surface area contributed by atoms with Crippen LogP contribution in [0, 0.1) is 5.92 Å². The van der Waals surface area contributed by atoms with Crippen LogP contribution in [0.4, 0.5) is 0 Å². The summed E-state index contributed by atoms with van der Waals surface area (Å²) < 4.78 is 0.